The van der Waals surface area contributed by atoms with Crippen molar-refractivity contribution in [1.82, 2.24) is 4.90 Å². The van der Waals surface area contributed by atoms with Gasteiger partial charge < -0.3 is 4.90 Å². The van der Waals surface area contributed by atoms with Gasteiger partial charge >= 0.3 is 0 Å². The Labute approximate surface area is 155 Å². The van der Waals surface area contributed by atoms with E-state index in [1.54, 1.807) is 0 Å². The number of benzene rings is 3. The number of hydrogen-bond donors (Lipinski definition) is 0. The Kier molecular flexibility index (Phi) is 4.34. The lowest BCUT2D eigenvalue weighted by molar-refractivity contribution is 0.0694. The van der Waals surface area contributed by atoms with Crippen LogP contribution in [0, 0.1) is 13.8 Å². The molecule has 0 saturated heterocycles. The van der Waals surface area contributed by atoms with E-state index in [0.717, 1.165) is 29.7 Å². The van der Waals surface area contributed by atoms with Gasteiger partial charge in [-0.15, -0.1) is 0 Å². The molecule has 0 aromatic heterocycles. The van der Waals surface area contributed by atoms with Crippen molar-refractivity contribution in [2.45, 2.75) is 26.3 Å². The monoisotopic (exact) mass is 341 g/mol. The van der Waals surface area contributed by atoms with Crippen molar-refractivity contribution in [3.05, 3.63) is 106 Å². The van der Waals surface area contributed by atoms with Gasteiger partial charge in [0.05, 0.1) is 6.04 Å². The molecular formula is C24H23NO. The fraction of sp³-hybridized carbons (Fsp3) is 0.208. The number of carbonyl (C=O) groups excluding carboxylic acids is 1. The molecule has 1 atom stereocenters. The van der Waals surface area contributed by atoms with Gasteiger partial charge in [0.1, 0.15) is 0 Å². The zero-order valence-electron chi connectivity index (χ0n) is 15.3. The molecule has 1 heterocycles. The van der Waals surface area contributed by atoms with Gasteiger partial charge in [0.25, 0.3) is 5.91 Å². The lowest BCUT2D eigenvalue weighted by Crippen LogP contribution is -2.40. The molecule has 1 aliphatic rings. The van der Waals surface area contributed by atoms with E-state index in [1.807, 2.05) is 41.3 Å². The topological polar surface area (TPSA) is 20.3 Å². The quantitative estimate of drug-likeness (QED) is 0.636. The van der Waals surface area contributed by atoms with Crippen LogP contribution in [-0.4, -0.2) is 17.4 Å². The Morgan fingerprint density at radius 2 is 1.62 bits per heavy atom. The summed E-state index contributed by atoms with van der Waals surface area (Å²) in [6, 6.07) is 24.8. The highest BCUT2D eigenvalue weighted by Crippen LogP contribution is 2.36. The summed E-state index contributed by atoms with van der Waals surface area (Å²) in [5, 5.41) is 0. The van der Waals surface area contributed by atoms with Crippen LogP contribution in [-0.2, 0) is 6.42 Å². The maximum atomic E-state index is 13.4. The summed E-state index contributed by atoms with van der Waals surface area (Å²) in [5.41, 5.74) is 6.88. The molecule has 3 aromatic carbocycles. The summed E-state index contributed by atoms with van der Waals surface area (Å²) >= 11 is 0. The van der Waals surface area contributed by atoms with Gasteiger partial charge in [0.15, 0.2) is 0 Å². The average molecular weight is 341 g/mol. The Balaban J connectivity index is 1.79. The smallest absolute Gasteiger partial charge is 0.254 e. The second-order valence-electron chi connectivity index (χ2n) is 7.06. The second-order valence-corrected chi connectivity index (χ2v) is 7.06. The van der Waals surface area contributed by atoms with Gasteiger partial charge in [0.2, 0.25) is 0 Å². The minimum absolute atomic E-state index is 0.0322. The van der Waals surface area contributed by atoms with E-state index in [1.165, 1.54) is 16.7 Å². The maximum Gasteiger partial charge on any atom is 0.254 e. The van der Waals surface area contributed by atoms with Crippen molar-refractivity contribution >= 4 is 5.91 Å². The van der Waals surface area contributed by atoms with Crippen LogP contribution in [0.25, 0.3) is 0 Å². The molecule has 0 N–H and O–H groups in total. The van der Waals surface area contributed by atoms with Gasteiger partial charge in [-0.25, -0.2) is 0 Å². The summed E-state index contributed by atoms with van der Waals surface area (Å²) in [5.74, 6) is 0.108. The first-order valence-electron chi connectivity index (χ1n) is 9.16. The van der Waals surface area contributed by atoms with Crippen molar-refractivity contribution in [3.63, 3.8) is 0 Å². The van der Waals surface area contributed by atoms with Gasteiger partial charge in [-0.1, -0.05) is 60.7 Å². The Morgan fingerprint density at radius 1 is 0.885 bits per heavy atom. The third-order valence-corrected chi connectivity index (χ3v) is 5.41. The van der Waals surface area contributed by atoms with E-state index >= 15 is 0 Å². The van der Waals surface area contributed by atoms with Crippen LogP contribution < -0.4 is 0 Å². The van der Waals surface area contributed by atoms with E-state index in [0.29, 0.717) is 0 Å². The molecule has 0 radical (unpaired) electrons. The number of nitrogens with zero attached hydrogens (tertiary/aromatic N) is 1. The lowest BCUT2D eigenvalue weighted by atomic mass is 9.87. The van der Waals surface area contributed by atoms with E-state index < -0.39 is 0 Å². The fourth-order valence-corrected chi connectivity index (χ4v) is 3.82. The van der Waals surface area contributed by atoms with Gasteiger partial charge in [0, 0.05) is 12.1 Å². The minimum atomic E-state index is -0.0322. The van der Waals surface area contributed by atoms with E-state index in [-0.39, 0.29) is 11.9 Å². The van der Waals surface area contributed by atoms with Crippen LogP contribution in [0.5, 0.6) is 0 Å². The number of carbonyl (C=O) groups is 1. The fourth-order valence-electron chi connectivity index (χ4n) is 3.82. The first-order chi connectivity index (χ1) is 12.6. The first-order valence-corrected chi connectivity index (χ1v) is 9.16. The number of rotatable bonds is 2. The van der Waals surface area contributed by atoms with Gasteiger partial charge in [-0.2, -0.15) is 0 Å². The van der Waals surface area contributed by atoms with Crippen molar-refractivity contribution in [2.75, 3.05) is 6.54 Å². The predicted molar refractivity (Wildman–Crippen MR) is 105 cm³/mol. The molecule has 3 aromatic rings. The molecule has 1 aliphatic heterocycles. The SMILES string of the molecule is Cc1ccc(C(=O)N2CCc3ccccc3C2c2ccccc2)cc1C. The van der Waals surface area contributed by atoms with Crippen molar-refractivity contribution in [1.29, 1.82) is 0 Å². The van der Waals surface area contributed by atoms with E-state index in [4.69, 9.17) is 0 Å². The normalized spacial score (nSPS) is 16.2. The van der Waals surface area contributed by atoms with Crippen molar-refractivity contribution in [2.24, 2.45) is 0 Å². The largest absolute Gasteiger partial charge is 0.327 e. The summed E-state index contributed by atoms with van der Waals surface area (Å²) < 4.78 is 0. The lowest BCUT2D eigenvalue weighted by Gasteiger charge is -2.38. The van der Waals surface area contributed by atoms with Crippen molar-refractivity contribution < 1.29 is 4.79 Å². The van der Waals surface area contributed by atoms with E-state index in [2.05, 4.69) is 50.2 Å². The Morgan fingerprint density at radius 3 is 2.38 bits per heavy atom. The molecule has 0 spiro atoms. The molecule has 4 rings (SSSR count). The number of fused-ring (bicyclic) bond motifs is 1. The Bertz CT molecular complexity index is 945. The first kappa shape index (κ1) is 16.6. The second kappa shape index (κ2) is 6.80. The molecular weight excluding hydrogens is 318 g/mol. The average Bonchev–Trinajstić information content (AvgIpc) is 2.69. The van der Waals surface area contributed by atoms with Crippen molar-refractivity contribution in [3.8, 4) is 0 Å². The zero-order chi connectivity index (χ0) is 18.1. The molecule has 0 bridgehead atoms. The standard InChI is InChI=1S/C24H23NO/c1-17-12-13-21(16-18(17)2)24(26)25-15-14-19-8-6-7-11-22(19)23(25)20-9-4-3-5-10-20/h3-13,16,23H,14-15H2,1-2H3. The van der Waals surface area contributed by atoms with Crippen LogP contribution >= 0.6 is 0 Å². The highest BCUT2D eigenvalue weighted by Gasteiger charge is 2.32. The third kappa shape index (κ3) is 2.92. The van der Waals surface area contributed by atoms with E-state index in [9.17, 15) is 4.79 Å². The summed E-state index contributed by atoms with van der Waals surface area (Å²) in [4.78, 5) is 15.4. The number of hydrogen-bond acceptors (Lipinski definition) is 1. The molecule has 0 fully saturated rings. The predicted octanol–water partition coefficient (Wildman–Crippen LogP) is 5.09. The molecule has 130 valence electrons. The summed E-state index contributed by atoms with van der Waals surface area (Å²) in [6.45, 7) is 4.88. The summed E-state index contributed by atoms with van der Waals surface area (Å²) in [6.07, 6.45) is 0.899. The van der Waals surface area contributed by atoms with Crippen LogP contribution in [0.2, 0.25) is 0 Å². The van der Waals surface area contributed by atoms with Gasteiger partial charge in [-0.3, -0.25) is 4.79 Å². The van der Waals surface area contributed by atoms with Crippen LogP contribution in [0.1, 0.15) is 44.2 Å². The highest BCUT2D eigenvalue weighted by atomic mass is 16.2. The molecule has 1 unspecified atom stereocenters. The molecule has 2 heteroatoms. The molecule has 0 saturated carbocycles. The van der Waals surface area contributed by atoms with Crippen LogP contribution in [0.15, 0.2) is 72.8 Å². The molecule has 0 aliphatic carbocycles. The minimum Gasteiger partial charge on any atom is -0.327 e. The highest BCUT2D eigenvalue weighted by molar-refractivity contribution is 5.95. The van der Waals surface area contributed by atoms with Crippen LogP contribution in [0.3, 0.4) is 0 Å². The summed E-state index contributed by atoms with van der Waals surface area (Å²) in [7, 11) is 0. The third-order valence-electron chi connectivity index (χ3n) is 5.41. The molecule has 26 heavy (non-hydrogen) atoms. The zero-order valence-corrected chi connectivity index (χ0v) is 15.3. The Hall–Kier alpha value is -2.87. The number of amides is 1. The van der Waals surface area contributed by atoms with Crippen LogP contribution in [0.4, 0.5) is 0 Å². The van der Waals surface area contributed by atoms with Gasteiger partial charge in [-0.05, 0) is 60.2 Å². The molecule has 1 amide bonds. The maximum absolute atomic E-state index is 13.4. The number of aryl methyl sites for hydroxylation is 2. The molecule has 2 nitrogen and oxygen atoms in total.